The van der Waals surface area contributed by atoms with Gasteiger partial charge in [-0.05, 0) is 53.5 Å². The van der Waals surface area contributed by atoms with Gasteiger partial charge in [0.15, 0.2) is 0 Å². The van der Waals surface area contributed by atoms with Crippen LogP contribution in [-0.2, 0) is 4.74 Å². The summed E-state index contributed by atoms with van der Waals surface area (Å²) in [5.41, 5.74) is 6.42. The molecule has 1 aromatic carbocycles. The Bertz CT molecular complexity index is 987. The fourth-order valence-corrected chi connectivity index (χ4v) is 3.74. The second-order valence-corrected chi connectivity index (χ2v) is 7.33. The summed E-state index contributed by atoms with van der Waals surface area (Å²) in [7, 11) is 0. The van der Waals surface area contributed by atoms with Crippen LogP contribution in [0.15, 0.2) is 88.8 Å². The van der Waals surface area contributed by atoms with Crippen LogP contribution in [0.1, 0.15) is 29.3 Å². The number of allylic oxidation sites excluding steroid dienone is 9. The van der Waals surface area contributed by atoms with Crippen LogP contribution < -0.4 is 5.32 Å². The lowest BCUT2D eigenvalue weighted by molar-refractivity contribution is 0.0697. The van der Waals surface area contributed by atoms with Crippen LogP contribution in [0.2, 0.25) is 0 Å². The van der Waals surface area contributed by atoms with E-state index in [2.05, 4.69) is 54.8 Å². The molecule has 0 unspecified atom stereocenters. The number of hydrogen-bond acceptors (Lipinski definition) is 3. The van der Waals surface area contributed by atoms with Crippen LogP contribution in [0.5, 0.6) is 0 Å². The minimum absolute atomic E-state index is 0.292. The first kappa shape index (κ1) is 19.2. The summed E-state index contributed by atoms with van der Waals surface area (Å²) in [6, 6.07) is 6.92. The van der Waals surface area contributed by atoms with Gasteiger partial charge in [0, 0.05) is 18.0 Å². The maximum atomic E-state index is 11.1. The van der Waals surface area contributed by atoms with E-state index >= 15 is 0 Å². The number of ether oxygens (including phenoxy) is 1. The molecule has 0 aliphatic heterocycles. The fraction of sp³-hybridized carbons (Fsp3) is 0.240. The van der Waals surface area contributed by atoms with E-state index in [9.17, 15) is 4.79 Å². The molecule has 0 aromatic heterocycles. The average molecular weight is 387 g/mol. The zero-order chi connectivity index (χ0) is 20.2. The molecule has 4 heteroatoms. The smallest absolute Gasteiger partial charge is 0.335 e. The highest BCUT2D eigenvalue weighted by Crippen LogP contribution is 2.51. The SMILES string of the molecule is CCNC/C(=C/c1ccc(C(=O)O)cc1)COC1=CCC=CC2=C3C=CC=C1[C@@H]32. The Morgan fingerprint density at radius 1 is 1.24 bits per heavy atom. The van der Waals surface area contributed by atoms with E-state index in [1.54, 1.807) is 12.1 Å². The van der Waals surface area contributed by atoms with Crippen molar-refractivity contribution in [1.29, 1.82) is 0 Å². The summed E-state index contributed by atoms with van der Waals surface area (Å²) in [4.78, 5) is 11.1. The van der Waals surface area contributed by atoms with E-state index in [1.165, 1.54) is 16.7 Å². The molecule has 1 atom stereocenters. The molecule has 0 radical (unpaired) electrons. The van der Waals surface area contributed by atoms with Gasteiger partial charge < -0.3 is 15.2 Å². The largest absolute Gasteiger partial charge is 0.489 e. The number of carboxylic acids is 1. The van der Waals surface area contributed by atoms with Crippen molar-refractivity contribution in [3.05, 3.63) is 99.9 Å². The molecule has 4 rings (SSSR count). The van der Waals surface area contributed by atoms with Crippen LogP contribution in [-0.4, -0.2) is 30.8 Å². The number of carboxylic acid groups (broad SMARTS) is 1. The predicted octanol–water partition coefficient (Wildman–Crippen LogP) is 4.66. The molecule has 0 bridgehead atoms. The summed E-state index contributed by atoms with van der Waals surface area (Å²) < 4.78 is 6.29. The Balaban J connectivity index is 1.49. The van der Waals surface area contributed by atoms with E-state index in [-0.39, 0.29) is 0 Å². The van der Waals surface area contributed by atoms with Crippen molar-refractivity contribution in [3.63, 3.8) is 0 Å². The number of benzene rings is 1. The standard InChI is InChI=1S/C25H25NO3/c1-2-26-15-18(14-17-10-12-19(13-11-17)25(27)28)16-29-23-9-4-3-6-20-21-7-5-8-22(23)24(20)21/h3,5-14,24,26H,2,4,15-16H2,1H3,(H,27,28)/b6-3?,18-14-,23-9?/t24-/m1/s1. The first-order chi connectivity index (χ1) is 14.2. The maximum absolute atomic E-state index is 11.1. The number of rotatable bonds is 8. The lowest BCUT2D eigenvalue weighted by atomic mass is 9.97. The van der Waals surface area contributed by atoms with Crippen molar-refractivity contribution in [1.82, 2.24) is 5.32 Å². The maximum Gasteiger partial charge on any atom is 0.335 e. The van der Waals surface area contributed by atoms with Gasteiger partial charge in [0.05, 0.1) is 5.56 Å². The van der Waals surface area contributed by atoms with Crippen LogP contribution in [0.4, 0.5) is 0 Å². The van der Waals surface area contributed by atoms with E-state index in [1.807, 2.05) is 12.1 Å². The highest BCUT2D eigenvalue weighted by atomic mass is 16.5. The van der Waals surface area contributed by atoms with Crippen LogP contribution in [0.25, 0.3) is 6.08 Å². The minimum Gasteiger partial charge on any atom is -0.489 e. The van der Waals surface area contributed by atoms with Gasteiger partial charge in [0.2, 0.25) is 0 Å². The predicted molar refractivity (Wildman–Crippen MR) is 115 cm³/mol. The Labute approximate surface area is 171 Å². The summed E-state index contributed by atoms with van der Waals surface area (Å²) in [6.45, 7) is 4.16. The Morgan fingerprint density at radius 2 is 2.03 bits per heavy atom. The normalized spacial score (nSPS) is 19.8. The van der Waals surface area contributed by atoms with Crippen molar-refractivity contribution >= 4 is 12.0 Å². The molecular weight excluding hydrogens is 362 g/mol. The van der Waals surface area contributed by atoms with Gasteiger partial charge in [-0.1, -0.05) is 55.5 Å². The molecule has 0 fully saturated rings. The number of carbonyl (C=O) groups is 1. The number of likely N-dealkylation sites (N-methyl/N-ethyl adjacent to an activating group) is 1. The molecule has 29 heavy (non-hydrogen) atoms. The molecule has 1 aromatic rings. The van der Waals surface area contributed by atoms with Crippen molar-refractivity contribution < 1.29 is 14.6 Å². The van der Waals surface area contributed by atoms with Gasteiger partial charge in [-0.2, -0.15) is 0 Å². The summed E-state index contributed by atoms with van der Waals surface area (Å²) in [5, 5.41) is 12.4. The van der Waals surface area contributed by atoms with Gasteiger partial charge in [-0.15, -0.1) is 0 Å². The summed E-state index contributed by atoms with van der Waals surface area (Å²) >= 11 is 0. The van der Waals surface area contributed by atoms with Gasteiger partial charge in [0.25, 0.3) is 0 Å². The molecule has 0 spiro atoms. The van der Waals surface area contributed by atoms with E-state index in [0.717, 1.165) is 36.4 Å². The van der Waals surface area contributed by atoms with Crippen molar-refractivity contribution in [2.45, 2.75) is 13.3 Å². The number of hydrogen-bond donors (Lipinski definition) is 2. The first-order valence-electron chi connectivity index (χ1n) is 10.0. The highest BCUT2D eigenvalue weighted by molar-refractivity contribution is 5.87. The molecule has 0 heterocycles. The van der Waals surface area contributed by atoms with Gasteiger partial charge in [0.1, 0.15) is 12.4 Å². The average Bonchev–Trinajstić information content (AvgIpc) is 3.43. The minimum atomic E-state index is -0.913. The molecule has 0 saturated carbocycles. The zero-order valence-electron chi connectivity index (χ0n) is 16.5. The van der Waals surface area contributed by atoms with Crippen molar-refractivity contribution in [3.8, 4) is 0 Å². The second kappa shape index (κ2) is 8.50. The van der Waals surface area contributed by atoms with Crippen molar-refractivity contribution in [2.24, 2.45) is 5.92 Å². The Kier molecular flexibility index (Phi) is 5.63. The molecule has 3 aliphatic rings. The number of aromatic carboxylic acids is 1. The third-order valence-corrected chi connectivity index (χ3v) is 5.30. The molecule has 148 valence electrons. The topological polar surface area (TPSA) is 58.6 Å². The number of nitrogens with one attached hydrogen (secondary N) is 1. The third kappa shape index (κ3) is 4.33. The zero-order valence-corrected chi connectivity index (χ0v) is 16.5. The quantitative estimate of drug-likeness (QED) is 0.681. The Morgan fingerprint density at radius 3 is 2.79 bits per heavy atom. The molecule has 2 N–H and O–H groups in total. The molecule has 0 saturated heterocycles. The monoisotopic (exact) mass is 387 g/mol. The molecule has 0 amide bonds. The van der Waals surface area contributed by atoms with E-state index in [4.69, 9.17) is 9.84 Å². The Hall–Kier alpha value is -3.11. The van der Waals surface area contributed by atoms with Gasteiger partial charge in [-0.3, -0.25) is 0 Å². The summed E-state index contributed by atoms with van der Waals surface area (Å²) in [5.74, 6) is 0.441. The van der Waals surface area contributed by atoms with E-state index < -0.39 is 5.97 Å². The van der Waals surface area contributed by atoms with Gasteiger partial charge >= 0.3 is 5.97 Å². The molecule has 3 aliphatic carbocycles. The third-order valence-electron chi connectivity index (χ3n) is 5.30. The lowest BCUT2D eigenvalue weighted by Crippen LogP contribution is -2.19. The second-order valence-electron chi connectivity index (χ2n) is 7.33. The van der Waals surface area contributed by atoms with Crippen LogP contribution in [0.3, 0.4) is 0 Å². The molecular formula is C25H25NO3. The highest BCUT2D eigenvalue weighted by Gasteiger charge is 2.39. The molecule has 4 nitrogen and oxygen atoms in total. The lowest BCUT2D eigenvalue weighted by Gasteiger charge is -2.18. The van der Waals surface area contributed by atoms with Crippen molar-refractivity contribution in [2.75, 3.05) is 19.7 Å². The summed E-state index contributed by atoms with van der Waals surface area (Å²) in [6.07, 6.45) is 15.9. The van der Waals surface area contributed by atoms with E-state index in [0.29, 0.717) is 18.1 Å². The fourth-order valence-electron chi connectivity index (χ4n) is 3.74. The van der Waals surface area contributed by atoms with Crippen LogP contribution >= 0.6 is 0 Å². The van der Waals surface area contributed by atoms with Crippen LogP contribution in [0, 0.1) is 5.92 Å². The first-order valence-corrected chi connectivity index (χ1v) is 10.0. The van der Waals surface area contributed by atoms with Gasteiger partial charge in [-0.25, -0.2) is 4.79 Å².